The van der Waals surface area contributed by atoms with Crippen molar-refractivity contribution in [3.05, 3.63) is 60.1 Å². The summed E-state index contributed by atoms with van der Waals surface area (Å²) in [5.74, 6) is 1.47. The quantitative estimate of drug-likeness (QED) is 0.705. The molecule has 1 aliphatic heterocycles. The molecule has 1 saturated heterocycles. The van der Waals surface area contributed by atoms with Gasteiger partial charge in [0.15, 0.2) is 0 Å². The largest absolute Gasteiger partial charge is 0.396 e. The van der Waals surface area contributed by atoms with E-state index >= 15 is 0 Å². The van der Waals surface area contributed by atoms with Crippen molar-refractivity contribution >= 4 is 5.82 Å². The highest BCUT2D eigenvalue weighted by Gasteiger charge is 2.27. The Balaban J connectivity index is 1.48. The molecule has 0 spiro atoms. The fourth-order valence-electron chi connectivity index (χ4n) is 3.69. The highest BCUT2D eigenvalue weighted by molar-refractivity contribution is 5.59. The van der Waals surface area contributed by atoms with Crippen molar-refractivity contribution in [3.8, 4) is 11.4 Å². The lowest BCUT2D eigenvalue weighted by Gasteiger charge is -2.42. The lowest BCUT2D eigenvalue weighted by Crippen LogP contribution is -2.53. The smallest absolute Gasteiger partial charge is 0.214 e. The third kappa shape index (κ3) is 4.21. The van der Waals surface area contributed by atoms with Gasteiger partial charge in [0, 0.05) is 50.6 Å². The number of benzene rings is 1. The maximum Gasteiger partial charge on any atom is 0.214 e. The summed E-state index contributed by atoms with van der Waals surface area (Å²) in [6.07, 6.45) is 3.85. The average Bonchev–Trinajstić information content (AvgIpc) is 3.26. The van der Waals surface area contributed by atoms with Gasteiger partial charge in [-0.05, 0) is 31.0 Å². The standard InChI is InChI=1S/C21H25N5O2/c1-16-2-4-17(5-3-16)13-25-9-10-26(14-19(25)7-11-27)20-12-18(6-8-22-20)21-23-15-28-24-21/h2-6,8,12,15,19,27H,7,9-11,13-14H2,1H3/t19-/m0/s1. The molecule has 1 aliphatic rings. The average molecular weight is 379 g/mol. The Kier molecular flexibility index (Phi) is 5.64. The van der Waals surface area contributed by atoms with E-state index in [1.54, 1.807) is 6.20 Å². The molecule has 28 heavy (non-hydrogen) atoms. The molecule has 7 heteroatoms. The number of aryl methyl sites for hydroxylation is 1. The number of anilines is 1. The Morgan fingerprint density at radius 2 is 2.00 bits per heavy atom. The molecule has 0 aliphatic carbocycles. The normalized spacial score (nSPS) is 17.8. The summed E-state index contributed by atoms with van der Waals surface area (Å²) < 4.78 is 4.85. The van der Waals surface area contributed by atoms with Gasteiger partial charge in [0.1, 0.15) is 5.82 Å². The van der Waals surface area contributed by atoms with Crippen LogP contribution in [-0.2, 0) is 6.54 Å². The number of hydrogen-bond donors (Lipinski definition) is 1. The number of pyridine rings is 1. The van der Waals surface area contributed by atoms with E-state index in [2.05, 4.69) is 56.1 Å². The minimum atomic E-state index is 0.180. The summed E-state index contributed by atoms with van der Waals surface area (Å²) in [7, 11) is 0. The van der Waals surface area contributed by atoms with Crippen molar-refractivity contribution in [2.75, 3.05) is 31.1 Å². The predicted molar refractivity (Wildman–Crippen MR) is 107 cm³/mol. The van der Waals surface area contributed by atoms with Crippen LogP contribution >= 0.6 is 0 Å². The van der Waals surface area contributed by atoms with E-state index in [0.717, 1.165) is 44.0 Å². The number of hydrogen-bond acceptors (Lipinski definition) is 7. The summed E-state index contributed by atoms with van der Waals surface area (Å²) in [5, 5.41) is 13.5. The van der Waals surface area contributed by atoms with Crippen molar-refractivity contribution in [1.29, 1.82) is 0 Å². The topological polar surface area (TPSA) is 78.5 Å². The molecule has 3 heterocycles. The number of aromatic nitrogens is 3. The third-order valence-corrected chi connectivity index (χ3v) is 5.26. The summed E-state index contributed by atoms with van der Waals surface area (Å²) in [5.41, 5.74) is 3.46. The van der Waals surface area contributed by atoms with Crippen LogP contribution in [0.3, 0.4) is 0 Å². The molecule has 0 amide bonds. The molecule has 4 rings (SSSR count). The molecule has 7 nitrogen and oxygen atoms in total. The Morgan fingerprint density at radius 3 is 2.75 bits per heavy atom. The van der Waals surface area contributed by atoms with Crippen LogP contribution in [-0.4, -0.2) is 57.4 Å². The first-order valence-corrected chi connectivity index (χ1v) is 9.61. The van der Waals surface area contributed by atoms with Gasteiger partial charge < -0.3 is 14.5 Å². The number of piperazine rings is 1. The molecule has 0 unspecified atom stereocenters. The van der Waals surface area contributed by atoms with Crippen molar-refractivity contribution < 1.29 is 9.63 Å². The first kappa shape index (κ1) is 18.6. The number of aliphatic hydroxyl groups excluding tert-OH is 1. The van der Waals surface area contributed by atoms with Gasteiger partial charge in [-0.1, -0.05) is 35.0 Å². The molecule has 0 radical (unpaired) electrons. The SMILES string of the molecule is Cc1ccc(CN2CCN(c3cc(-c4ncon4)ccn3)C[C@@H]2CCO)cc1. The van der Waals surface area contributed by atoms with Gasteiger partial charge >= 0.3 is 0 Å². The van der Waals surface area contributed by atoms with Gasteiger partial charge in [-0.3, -0.25) is 4.90 Å². The maximum atomic E-state index is 9.58. The van der Waals surface area contributed by atoms with Gasteiger partial charge in [-0.2, -0.15) is 4.98 Å². The van der Waals surface area contributed by atoms with Crippen LogP contribution in [0.15, 0.2) is 53.5 Å². The molecular formula is C21H25N5O2. The van der Waals surface area contributed by atoms with Gasteiger partial charge in [-0.25, -0.2) is 4.98 Å². The molecule has 1 N–H and O–H groups in total. The predicted octanol–water partition coefficient (Wildman–Crippen LogP) is 2.51. The molecule has 146 valence electrons. The monoisotopic (exact) mass is 379 g/mol. The molecule has 2 aromatic heterocycles. The third-order valence-electron chi connectivity index (χ3n) is 5.26. The van der Waals surface area contributed by atoms with Crippen LogP contribution in [0.5, 0.6) is 0 Å². The van der Waals surface area contributed by atoms with Crippen molar-refractivity contribution in [2.45, 2.75) is 25.9 Å². The number of aliphatic hydroxyl groups is 1. The lowest BCUT2D eigenvalue weighted by atomic mass is 10.1. The number of rotatable bonds is 6. The lowest BCUT2D eigenvalue weighted by molar-refractivity contribution is 0.135. The summed E-state index contributed by atoms with van der Waals surface area (Å²) >= 11 is 0. The molecule has 0 bridgehead atoms. The summed E-state index contributed by atoms with van der Waals surface area (Å²) in [6, 6.07) is 12.8. The molecule has 1 atom stereocenters. The second kappa shape index (κ2) is 8.50. The van der Waals surface area contributed by atoms with Crippen LogP contribution in [0.4, 0.5) is 5.82 Å². The van der Waals surface area contributed by atoms with E-state index in [4.69, 9.17) is 4.52 Å². The first-order valence-electron chi connectivity index (χ1n) is 9.61. The minimum Gasteiger partial charge on any atom is -0.396 e. The van der Waals surface area contributed by atoms with Crippen LogP contribution in [0, 0.1) is 6.92 Å². The van der Waals surface area contributed by atoms with Crippen LogP contribution < -0.4 is 4.90 Å². The van der Waals surface area contributed by atoms with E-state index in [-0.39, 0.29) is 12.6 Å². The van der Waals surface area contributed by atoms with E-state index < -0.39 is 0 Å². The fourth-order valence-corrected chi connectivity index (χ4v) is 3.69. The molecule has 0 saturated carbocycles. The summed E-state index contributed by atoms with van der Waals surface area (Å²) in [6.45, 7) is 5.82. The highest BCUT2D eigenvalue weighted by atomic mass is 16.5. The van der Waals surface area contributed by atoms with Crippen LogP contribution in [0.25, 0.3) is 11.4 Å². The fraction of sp³-hybridized carbons (Fsp3) is 0.381. The highest BCUT2D eigenvalue weighted by Crippen LogP contribution is 2.24. The van der Waals surface area contributed by atoms with Gasteiger partial charge in [0.05, 0.1) is 0 Å². The van der Waals surface area contributed by atoms with Gasteiger partial charge in [0.2, 0.25) is 12.2 Å². The van der Waals surface area contributed by atoms with E-state index in [9.17, 15) is 5.11 Å². The molecular weight excluding hydrogens is 354 g/mol. The zero-order valence-electron chi connectivity index (χ0n) is 16.0. The van der Waals surface area contributed by atoms with Gasteiger partial charge in [0.25, 0.3) is 0 Å². The van der Waals surface area contributed by atoms with Crippen molar-refractivity contribution in [1.82, 2.24) is 20.0 Å². The summed E-state index contributed by atoms with van der Waals surface area (Å²) in [4.78, 5) is 13.4. The molecule has 1 fully saturated rings. The Hall–Kier alpha value is -2.77. The maximum absolute atomic E-state index is 9.58. The zero-order valence-corrected chi connectivity index (χ0v) is 16.0. The van der Waals surface area contributed by atoms with Crippen molar-refractivity contribution in [2.24, 2.45) is 0 Å². The Labute approximate surface area is 164 Å². The second-order valence-corrected chi connectivity index (χ2v) is 7.23. The Bertz CT molecular complexity index is 882. The molecule has 1 aromatic carbocycles. The van der Waals surface area contributed by atoms with E-state index in [0.29, 0.717) is 5.82 Å². The zero-order chi connectivity index (χ0) is 19.3. The van der Waals surface area contributed by atoms with Gasteiger partial charge in [-0.15, -0.1) is 0 Å². The van der Waals surface area contributed by atoms with Crippen molar-refractivity contribution in [3.63, 3.8) is 0 Å². The Morgan fingerprint density at radius 1 is 1.14 bits per heavy atom. The van der Waals surface area contributed by atoms with E-state index in [1.807, 2.05) is 12.1 Å². The second-order valence-electron chi connectivity index (χ2n) is 7.23. The number of nitrogens with zero attached hydrogens (tertiary/aromatic N) is 5. The van der Waals surface area contributed by atoms with Crippen LogP contribution in [0.2, 0.25) is 0 Å². The van der Waals surface area contributed by atoms with E-state index in [1.165, 1.54) is 17.5 Å². The first-order chi connectivity index (χ1) is 13.7. The minimum absolute atomic E-state index is 0.180. The van der Waals surface area contributed by atoms with Crippen LogP contribution in [0.1, 0.15) is 17.5 Å². The molecule has 3 aromatic rings.